The quantitative estimate of drug-likeness (QED) is 0.906. The van der Waals surface area contributed by atoms with E-state index in [1.807, 2.05) is 37.3 Å². The van der Waals surface area contributed by atoms with Crippen LogP contribution < -0.4 is 4.74 Å². The predicted molar refractivity (Wildman–Crippen MR) is 75.0 cm³/mol. The third-order valence-electron chi connectivity index (χ3n) is 2.86. The van der Waals surface area contributed by atoms with Crippen LogP contribution in [0.1, 0.15) is 29.5 Å². The number of carboxylic acids is 1. The first kappa shape index (κ1) is 14.0. The van der Waals surface area contributed by atoms with Gasteiger partial charge in [0.2, 0.25) is 0 Å². The fourth-order valence-corrected chi connectivity index (χ4v) is 1.98. The Hall–Kier alpha value is -2.43. The molecule has 0 aliphatic carbocycles. The first-order valence-corrected chi connectivity index (χ1v) is 6.41. The SMILES string of the molecule is CCCc1nc(-c2ccccc2)nc(C(=O)O)c1OC. The highest BCUT2D eigenvalue weighted by molar-refractivity contribution is 5.89. The van der Waals surface area contributed by atoms with Crippen molar-refractivity contribution < 1.29 is 14.6 Å². The summed E-state index contributed by atoms with van der Waals surface area (Å²) in [7, 11) is 1.44. The minimum atomic E-state index is -1.11. The fraction of sp³-hybridized carbons (Fsp3) is 0.267. The van der Waals surface area contributed by atoms with Crippen LogP contribution in [0, 0.1) is 0 Å². The van der Waals surface area contributed by atoms with Crippen LogP contribution in [0.25, 0.3) is 11.4 Å². The van der Waals surface area contributed by atoms with Gasteiger partial charge in [-0.25, -0.2) is 14.8 Å². The molecule has 1 aromatic carbocycles. The van der Waals surface area contributed by atoms with Crippen LogP contribution in [0.2, 0.25) is 0 Å². The highest BCUT2D eigenvalue weighted by atomic mass is 16.5. The molecule has 0 radical (unpaired) electrons. The van der Waals surface area contributed by atoms with E-state index in [0.29, 0.717) is 17.9 Å². The normalized spacial score (nSPS) is 10.3. The molecular formula is C15H16N2O3. The van der Waals surface area contributed by atoms with E-state index < -0.39 is 5.97 Å². The van der Waals surface area contributed by atoms with Crippen LogP contribution in [0.15, 0.2) is 30.3 Å². The molecule has 1 aromatic heterocycles. The summed E-state index contributed by atoms with van der Waals surface area (Å²) in [5.74, 6) is -0.454. The van der Waals surface area contributed by atoms with Gasteiger partial charge in [0.05, 0.1) is 12.8 Å². The number of hydrogen-bond acceptors (Lipinski definition) is 4. The summed E-state index contributed by atoms with van der Waals surface area (Å²) < 4.78 is 5.18. The molecule has 0 bridgehead atoms. The molecule has 0 atom stereocenters. The molecule has 0 unspecified atom stereocenters. The van der Waals surface area contributed by atoms with Gasteiger partial charge >= 0.3 is 5.97 Å². The number of methoxy groups -OCH3 is 1. The number of ether oxygens (including phenoxy) is 1. The van der Waals surface area contributed by atoms with Gasteiger partial charge < -0.3 is 9.84 Å². The van der Waals surface area contributed by atoms with Gasteiger partial charge in [0, 0.05) is 5.56 Å². The van der Waals surface area contributed by atoms with Gasteiger partial charge in [-0.2, -0.15) is 0 Å². The van der Waals surface area contributed by atoms with E-state index in [4.69, 9.17) is 4.74 Å². The molecule has 2 rings (SSSR count). The lowest BCUT2D eigenvalue weighted by Crippen LogP contribution is -2.10. The number of carbonyl (C=O) groups is 1. The van der Waals surface area contributed by atoms with E-state index in [0.717, 1.165) is 12.0 Å². The van der Waals surface area contributed by atoms with Gasteiger partial charge in [-0.3, -0.25) is 0 Å². The van der Waals surface area contributed by atoms with Gasteiger partial charge in [-0.15, -0.1) is 0 Å². The minimum Gasteiger partial charge on any atom is -0.492 e. The Morgan fingerprint density at radius 1 is 1.25 bits per heavy atom. The fourth-order valence-electron chi connectivity index (χ4n) is 1.98. The van der Waals surface area contributed by atoms with E-state index in [2.05, 4.69) is 9.97 Å². The summed E-state index contributed by atoms with van der Waals surface area (Å²) in [5, 5.41) is 9.29. The number of aromatic nitrogens is 2. The Kier molecular flexibility index (Phi) is 4.30. The lowest BCUT2D eigenvalue weighted by molar-refractivity contribution is 0.0686. The standard InChI is InChI=1S/C15H16N2O3/c1-3-7-11-13(20-2)12(15(18)19)17-14(16-11)10-8-5-4-6-9-10/h4-6,8-9H,3,7H2,1-2H3,(H,18,19). The van der Waals surface area contributed by atoms with Crippen LogP contribution in [0.4, 0.5) is 0 Å². The van der Waals surface area contributed by atoms with Crippen molar-refractivity contribution in [3.63, 3.8) is 0 Å². The average Bonchev–Trinajstić information content (AvgIpc) is 2.47. The second kappa shape index (κ2) is 6.14. The zero-order chi connectivity index (χ0) is 14.5. The molecule has 0 spiro atoms. The Bertz CT molecular complexity index is 612. The highest BCUT2D eigenvalue weighted by Gasteiger charge is 2.20. The second-order valence-electron chi connectivity index (χ2n) is 4.30. The summed E-state index contributed by atoms with van der Waals surface area (Å²) in [5.41, 5.74) is 1.32. The van der Waals surface area contributed by atoms with E-state index >= 15 is 0 Å². The monoisotopic (exact) mass is 272 g/mol. The number of carboxylic acid groups (broad SMARTS) is 1. The molecule has 5 nitrogen and oxygen atoms in total. The van der Waals surface area contributed by atoms with Crippen molar-refractivity contribution in [1.29, 1.82) is 0 Å². The van der Waals surface area contributed by atoms with Crippen molar-refractivity contribution >= 4 is 5.97 Å². The molecule has 0 fully saturated rings. The summed E-state index contributed by atoms with van der Waals surface area (Å²) in [6, 6.07) is 9.32. The molecule has 0 amide bonds. The molecule has 2 aromatic rings. The molecule has 104 valence electrons. The van der Waals surface area contributed by atoms with Crippen molar-refractivity contribution in [3.8, 4) is 17.1 Å². The summed E-state index contributed by atoms with van der Waals surface area (Å²) in [6.45, 7) is 2.00. The van der Waals surface area contributed by atoms with Gasteiger partial charge in [0.1, 0.15) is 0 Å². The third kappa shape index (κ3) is 2.77. The maximum absolute atomic E-state index is 11.4. The van der Waals surface area contributed by atoms with Crippen molar-refractivity contribution in [1.82, 2.24) is 9.97 Å². The van der Waals surface area contributed by atoms with Gasteiger partial charge in [0.15, 0.2) is 17.3 Å². The molecule has 0 aliphatic rings. The Morgan fingerprint density at radius 3 is 2.50 bits per heavy atom. The number of aromatic carboxylic acids is 1. The van der Waals surface area contributed by atoms with Crippen LogP contribution >= 0.6 is 0 Å². The predicted octanol–water partition coefficient (Wildman–Crippen LogP) is 2.80. The zero-order valence-electron chi connectivity index (χ0n) is 11.5. The average molecular weight is 272 g/mol. The smallest absolute Gasteiger partial charge is 0.358 e. The maximum atomic E-state index is 11.4. The number of rotatable bonds is 5. The van der Waals surface area contributed by atoms with Crippen LogP contribution in [-0.2, 0) is 6.42 Å². The van der Waals surface area contributed by atoms with E-state index in [9.17, 15) is 9.90 Å². The number of nitrogens with zero attached hydrogens (tertiary/aromatic N) is 2. The molecule has 0 saturated heterocycles. The van der Waals surface area contributed by atoms with Crippen LogP contribution in [0.5, 0.6) is 5.75 Å². The third-order valence-corrected chi connectivity index (χ3v) is 2.86. The Morgan fingerprint density at radius 2 is 1.95 bits per heavy atom. The molecule has 1 heterocycles. The molecule has 20 heavy (non-hydrogen) atoms. The van der Waals surface area contributed by atoms with Crippen molar-refractivity contribution in [3.05, 3.63) is 41.7 Å². The molecule has 5 heteroatoms. The molecular weight excluding hydrogens is 256 g/mol. The van der Waals surface area contributed by atoms with Gasteiger partial charge in [-0.05, 0) is 6.42 Å². The molecule has 0 saturated carbocycles. The highest BCUT2D eigenvalue weighted by Crippen LogP contribution is 2.26. The van der Waals surface area contributed by atoms with Crippen molar-refractivity contribution in [2.45, 2.75) is 19.8 Å². The first-order chi connectivity index (χ1) is 9.67. The Labute approximate surface area is 117 Å². The summed E-state index contributed by atoms with van der Waals surface area (Å²) in [6.07, 6.45) is 1.49. The Balaban J connectivity index is 2.63. The molecule has 1 N–H and O–H groups in total. The lowest BCUT2D eigenvalue weighted by atomic mass is 10.1. The lowest BCUT2D eigenvalue weighted by Gasteiger charge is -2.11. The minimum absolute atomic E-state index is 0.0928. The molecule has 0 aliphatic heterocycles. The second-order valence-corrected chi connectivity index (χ2v) is 4.30. The van der Waals surface area contributed by atoms with Crippen molar-refractivity contribution in [2.75, 3.05) is 7.11 Å². The topological polar surface area (TPSA) is 72.3 Å². The largest absolute Gasteiger partial charge is 0.492 e. The number of benzene rings is 1. The van der Waals surface area contributed by atoms with Crippen LogP contribution in [-0.4, -0.2) is 28.2 Å². The number of aryl methyl sites for hydroxylation is 1. The van der Waals surface area contributed by atoms with Gasteiger partial charge in [0.25, 0.3) is 0 Å². The van der Waals surface area contributed by atoms with Crippen LogP contribution in [0.3, 0.4) is 0 Å². The maximum Gasteiger partial charge on any atom is 0.358 e. The zero-order valence-corrected chi connectivity index (χ0v) is 11.5. The first-order valence-electron chi connectivity index (χ1n) is 6.41. The van der Waals surface area contributed by atoms with Gasteiger partial charge in [-0.1, -0.05) is 43.7 Å². The van der Waals surface area contributed by atoms with E-state index in [-0.39, 0.29) is 11.4 Å². The number of hydrogen-bond donors (Lipinski definition) is 1. The van der Waals surface area contributed by atoms with Crippen molar-refractivity contribution in [2.24, 2.45) is 0 Å². The van der Waals surface area contributed by atoms with E-state index in [1.54, 1.807) is 0 Å². The summed E-state index contributed by atoms with van der Waals surface area (Å²) in [4.78, 5) is 19.9. The summed E-state index contributed by atoms with van der Waals surface area (Å²) >= 11 is 0. The van der Waals surface area contributed by atoms with E-state index in [1.165, 1.54) is 7.11 Å².